The van der Waals surface area contributed by atoms with E-state index in [9.17, 15) is 13.2 Å². The molecule has 7 heteroatoms. The molecule has 0 spiro atoms. The van der Waals surface area contributed by atoms with E-state index in [0.717, 1.165) is 22.5 Å². The van der Waals surface area contributed by atoms with Gasteiger partial charge in [-0.1, -0.05) is 55.8 Å². The number of sulfonamides is 1. The molecule has 0 saturated carbocycles. The fraction of sp³-hybridized carbons (Fsp3) is 0.381. The van der Waals surface area contributed by atoms with Crippen LogP contribution < -0.4 is 9.62 Å². The SMILES string of the molecule is CCc1ccc([C@H](C)NC(=O)[C@@H](CC)N(c2cccc(Cl)c2)S(C)(=O)=O)cc1. The molecule has 0 fully saturated rings. The predicted octanol–water partition coefficient (Wildman–Crippen LogP) is 4.32. The Bertz CT molecular complexity index is 914. The Morgan fingerprint density at radius 3 is 2.29 bits per heavy atom. The maximum Gasteiger partial charge on any atom is 0.244 e. The molecule has 0 aliphatic rings. The van der Waals surface area contributed by atoms with E-state index in [1.807, 2.05) is 31.2 Å². The summed E-state index contributed by atoms with van der Waals surface area (Å²) in [4.78, 5) is 13.0. The average Bonchev–Trinajstić information content (AvgIpc) is 2.64. The Hall–Kier alpha value is -2.05. The van der Waals surface area contributed by atoms with Crippen LogP contribution in [0.2, 0.25) is 5.02 Å². The third-order valence-corrected chi connectivity index (χ3v) is 6.05. The van der Waals surface area contributed by atoms with Gasteiger partial charge < -0.3 is 5.32 Å². The number of hydrogen-bond acceptors (Lipinski definition) is 3. The van der Waals surface area contributed by atoms with Gasteiger partial charge in [-0.25, -0.2) is 8.42 Å². The van der Waals surface area contributed by atoms with Crippen molar-refractivity contribution < 1.29 is 13.2 Å². The summed E-state index contributed by atoms with van der Waals surface area (Å²) in [5.74, 6) is -0.347. The number of anilines is 1. The zero-order valence-corrected chi connectivity index (χ0v) is 18.2. The molecule has 0 bridgehead atoms. The Labute approximate surface area is 172 Å². The highest BCUT2D eigenvalue weighted by Crippen LogP contribution is 2.26. The predicted molar refractivity (Wildman–Crippen MR) is 115 cm³/mol. The lowest BCUT2D eigenvalue weighted by molar-refractivity contribution is -0.122. The summed E-state index contributed by atoms with van der Waals surface area (Å²) in [5, 5.41) is 3.35. The van der Waals surface area contributed by atoms with E-state index >= 15 is 0 Å². The van der Waals surface area contributed by atoms with Gasteiger partial charge in [0.05, 0.1) is 18.0 Å². The summed E-state index contributed by atoms with van der Waals surface area (Å²) >= 11 is 6.03. The monoisotopic (exact) mass is 422 g/mol. The molecule has 0 aromatic heterocycles. The molecule has 28 heavy (non-hydrogen) atoms. The standard InChI is InChI=1S/C21H27ClN2O3S/c1-5-16-10-12-17(13-11-16)15(3)23-21(25)20(6-2)24(28(4,26)27)19-9-7-8-18(22)14-19/h7-15,20H,5-6H2,1-4H3,(H,23,25)/t15-,20+/m0/s1. The molecule has 152 valence electrons. The first kappa shape index (κ1) is 22.2. The molecule has 1 amide bonds. The Balaban J connectivity index is 2.28. The fourth-order valence-electron chi connectivity index (χ4n) is 3.11. The largest absolute Gasteiger partial charge is 0.348 e. The first-order chi connectivity index (χ1) is 13.2. The number of nitrogens with zero attached hydrogens (tertiary/aromatic N) is 1. The third kappa shape index (κ3) is 5.49. The topological polar surface area (TPSA) is 66.5 Å². The van der Waals surface area contributed by atoms with Crippen LogP contribution in [0, 0.1) is 0 Å². The van der Waals surface area contributed by atoms with Crippen molar-refractivity contribution >= 4 is 33.2 Å². The molecule has 0 unspecified atom stereocenters. The van der Waals surface area contributed by atoms with Crippen molar-refractivity contribution in [2.45, 2.75) is 45.7 Å². The number of carbonyl (C=O) groups is 1. The van der Waals surface area contributed by atoms with Crippen molar-refractivity contribution in [3.05, 3.63) is 64.7 Å². The van der Waals surface area contributed by atoms with E-state index in [1.165, 1.54) is 5.56 Å². The minimum Gasteiger partial charge on any atom is -0.348 e. The molecule has 0 aliphatic carbocycles. The van der Waals surface area contributed by atoms with Crippen molar-refractivity contribution in [3.63, 3.8) is 0 Å². The Morgan fingerprint density at radius 2 is 1.79 bits per heavy atom. The molecule has 1 N–H and O–H groups in total. The zero-order chi connectivity index (χ0) is 20.9. The van der Waals surface area contributed by atoms with Gasteiger partial charge >= 0.3 is 0 Å². The highest BCUT2D eigenvalue weighted by molar-refractivity contribution is 7.92. The third-order valence-electron chi connectivity index (χ3n) is 4.64. The second kappa shape index (κ2) is 9.43. The van der Waals surface area contributed by atoms with Crippen molar-refractivity contribution in [1.82, 2.24) is 5.32 Å². The van der Waals surface area contributed by atoms with Crippen molar-refractivity contribution in [3.8, 4) is 0 Å². The summed E-state index contributed by atoms with van der Waals surface area (Å²) < 4.78 is 26.1. The summed E-state index contributed by atoms with van der Waals surface area (Å²) in [5.41, 5.74) is 2.56. The molecule has 2 rings (SSSR count). The minimum atomic E-state index is -3.69. The maximum absolute atomic E-state index is 13.0. The molecule has 0 radical (unpaired) electrons. The average molecular weight is 423 g/mol. The summed E-state index contributed by atoms with van der Waals surface area (Å²) in [7, 11) is -3.69. The Kier molecular flexibility index (Phi) is 7.49. The lowest BCUT2D eigenvalue weighted by Gasteiger charge is -2.31. The minimum absolute atomic E-state index is 0.242. The molecule has 5 nitrogen and oxygen atoms in total. The summed E-state index contributed by atoms with van der Waals surface area (Å²) in [6.45, 7) is 5.76. The van der Waals surface area contributed by atoms with E-state index in [1.54, 1.807) is 31.2 Å². The molecule has 0 saturated heterocycles. The maximum atomic E-state index is 13.0. The molecular weight excluding hydrogens is 396 g/mol. The lowest BCUT2D eigenvalue weighted by atomic mass is 10.0. The van der Waals surface area contributed by atoms with Crippen molar-refractivity contribution in [2.75, 3.05) is 10.6 Å². The molecule has 0 heterocycles. The molecule has 2 aromatic rings. The van der Waals surface area contributed by atoms with Crippen LogP contribution in [0.1, 0.15) is 44.4 Å². The van der Waals surface area contributed by atoms with Crippen LogP contribution in [0.15, 0.2) is 48.5 Å². The van der Waals surface area contributed by atoms with Gasteiger partial charge in [0.2, 0.25) is 15.9 Å². The molecular formula is C21H27ClN2O3S. The molecule has 2 atom stereocenters. The second-order valence-electron chi connectivity index (χ2n) is 6.79. The second-order valence-corrected chi connectivity index (χ2v) is 9.08. The van der Waals surface area contributed by atoms with Crippen LogP contribution in [0.3, 0.4) is 0 Å². The normalized spacial score (nSPS) is 13.6. The zero-order valence-electron chi connectivity index (χ0n) is 16.6. The van der Waals surface area contributed by atoms with E-state index in [2.05, 4.69) is 12.2 Å². The molecule has 2 aromatic carbocycles. The number of carbonyl (C=O) groups excluding carboxylic acids is 1. The van der Waals surface area contributed by atoms with Crippen molar-refractivity contribution in [2.24, 2.45) is 0 Å². The number of rotatable bonds is 8. The van der Waals surface area contributed by atoms with Gasteiger partial charge in [-0.3, -0.25) is 9.10 Å². The van der Waals surface area contributed by atoms with Crippen LogP contribution in [0.5, 0.6) is 0 Å². The number of aryl methyl sites for hydroxylation is 1. The number of nitrogens with one attached hydrogen (secondary N) is 1. The van der Waals surface area contributed by atoms with Gasteiger partial charge in [-0.15, -0.1) is 0 Å². The van der Waals surface area contributed by atoms with E-state index < -0.39 is 16.1 Å². The van der Waals surface area contributed by atoms with Gasteiger partial charge in [0.15, 0.2) is 0 Å². The Morgan fingerprint density at radius 1 is 1.14 bits per heavy atom. The van der Waals surface area contributed by atoms with Gasteiger partial charge in [-0.2, -0.15) is 0 Å². The van der Waals surface area contributed by atoms with E-state index in [-0.39, 0.29) is 11.9 Å². The van der Waals surface area contributed by atoms with Gasteiger partial charge in [0, 0.05) is 5.02 Å². The quantitative estimate of drug-likeness (QED) is 0.688. The van der Waals surface area contributed by atoms with E-state index in [0.29, 0.717) is 17.1 Å². The van der Waals surface area contributed by atoms with Crippen LogP contribution >= 0.6 is 11.6 Å². The summed E-state index contributed by atoms with van der Waals surface area (Å²) in [6.07, 6.45) is 2.37. The van der Waals surface area contributed by atoms with Crippen LogP contribution in [0.4, 0.5) is 5.69 Å². The van der Waals surface area contributed by atoms with E-state index in [4.69, 9.17) is 11.6 Å². The number of benzene rings is 2. The number of hydrogen-bond donors (Lipinski definition) is 1. The molecule has 0 aliphatic heterocycles. The number of halogens is 1. The smallest absolute Gasteiger partial charge is 0.244 e. The van der Waals surface area contributed by atoms with Crippen LogP contribution in [-0.2, 0) is 21.2 Å². The highest BCUT2D eigenvalue weighted by atomic mass is 35.5. The van der Waals surface area contributed by atoms with Gasteiger partial charge in [0.25, 0.3) is 0 Å². The van der Waals surface area contributed by atoms with Gasteiger partial charge in [0.1, 0.15) is 6.04 Å². The van der Waals surface area contributed by atoms with Crippen LogP contribution in [-0.4, -0.2) is 26.6 Å². The first-order valence-corrected chi connectivity index (χ1v) is 11.5. The lowest BCUT2D eigenvalue weighted by Crippen LogP contribution is -2.49. The number of amides is 1. The first-order valence-electron chi connectivity index (χ1n) is 9.31. The van der Waals surface area contributed by atoms with Crippen LogP contribution in [0.25, 0.3) is 0 Å². The fourth-order valence-corrected chi connectivity index (χ4v) is 4.50. The highest BCUT2D eigenvalue weighted by Gasteiger charge is 2.32. The summed E-state index contributed by atoms with van der Waals surface area (Å²) in [6, 6.07) is 13.4. The van der Waals surface area contributed by atoms with Gasteiger partial charge in [-0.05, 0) is 49.1 Å². The van der Waals surface area contributed by atoms with Crippen molar-refractivity contribution in [1.29, 1.82) is 0 Å².